The molecule has 134 valence electrons. The van der Waals surface area contributed by atoms with Crippen molar-refractivity contribution in [3.8, 4) is 5.75 Å². The van der Waals surface area contributed by atoms with Crippen molar-refractivity contribution < 1.29 is 9.53 Å². The SMILES string of the molecule is CCCc1[nH]nc(CCc2ccc(OC)cc2)c1NC(=O)C1CCC1. The second-order valence-corrected chi connectivity index (χ2v) is 6.74. The van der Waals surface area contributed by atoms with Crippen LogP contribution < -0.4 is 10.1 Å². The third kappa shape index (κ3) is 4.21. The van der Waals surface area contributed by atoms with Crippen molar-refractivity contribution in [2.45, 2.75) is 51.9 Å². The number of nitrogens with one attached hydrogen (secondary N) is 2. The van der Waals surface area contributed by atoms with Gasteiger partial charge in [-0.05, 0) is 49.8 Å². The smallest absolute Gasteiger partial charge is 0.227 e. The van der Waals surface area contributed by atoms with Gasteiger partial charge >= 0.3 is 0 Å². The molecule has 1 saturated carbocycles. The second-order valence-electron chi connectivity index (χ2n) is 6.74. The zero-order chi connectivity index (χ0) is 17.6. The number of hydrogen-bond donors (Lipinski definition) is 2. The number of carbonyl (C=O) groups excluding carboxylic acids is 1. The molecule has 2 N–H and O–H groups in total. The van der Waals surface area contributed by atoms with Gasteiger partial charge in [0.05, 0.1) is 24.2 Å². The summed E-state index contributed by atoms with van der Waals surface area (Å²) >= 11 is 0. The maximum Gasteiger partial charge on any atom is 0.227 e. The number of rotatable bonds is 8. The number of hydrogen-bond acceptors (Lipinski definition) is 3. The molecule has 1 amide bonds. The Kier molecular flexibility index (Phi) is 5.74. The number of H-pyrrole nitrogens is 1. The maximum atomic E-state index is 12.4. The molecule has 25 heavy (non-hydrogen) atoms. The number of anilines is 1. The molecule has 0 atom stereocenters. The average molecular weight is 341 g/mol. The van der Waals surface area contributed by atoms with Crippen molar-refractivity contribution in [1.29, 1.82) is 0 Å². The van der Waals surface area contributed by atoms with Gasteiger partial charge in [0.2, 0.25) is 5.91 Å². The lowest BCUT2D eigenvalue weighted by atomic mass is 9.84. The zero-order valence-corrected chi connectivity index (χ0v) is 15.1. The van der Waals surface area contributed by atoms with Crippen molar-refractivity contribution in [3.05, 3.63) is 41.2 Å². The van der Waals surface area contributed by atoms with E-state index in [4.69, 9.17) is 4.74 Å². The molecule has 0 spiro atoms. The fourth-order valence-electron chi connectivity index (χ4n) is 3.13. The minimum Gasteiger partial charge on any atom is -0.497 e. The number of ether oxygens (including phenoxy) is 1. The summed E-state index contributed by atoms with van der Waals surface area (Å²) in [5, 5.41) is 10.7. The number of carbonyl (C=O) groups is 1. The van der Waals surface area contributed by atoms with Crippen molar-refractivity contribution in [2.75, 3.05) is 12.4 Å². The summed E-state index contributed by atoms with van der Waals surface area (Å²) in [6.07, 6.45) is 6.78. The summed E-state index contributed by atoms with van der Waals surface area (Å²) in [6, 6.07) is 8.10. The van der Waals surface area contributed by atoms with Gasteiger partial charge in [0.25, 0.3) is 0 Å². The molecule has 0 bridgehead atoms. The van der Waals surface area contributed by atoms with Crippen LogP contribution in [-0.2, 0) is 24.1 Å². The Hall–Kier alpha value is -2.30. The van der Waals surface area contributed by atoms with E-state index in [-0.39, 0.29) is 11.8 Å². The Morgan fingerprint density at radius 1 is 1.24 bits per heavy atom. The molecule has 0 radical (unpaired) electrons. The van der Waals surface area contributed by atoms with Crippen molar-refractivity contribution in [1.82, 2.24) is 10.2 Å². The Balaban J connectivity index is 1.69. The fourth-order valence-corrected chi connectivity index (χ4v) is 3.13. The van der Waals surface area contributed by atoms with Crippen LogP contribution in [0.5, 0.6) is 5.75 Å². The summed E-state index contributed by atoms with van der Waals surface area (Å²) in [4.78, 5) is 12.4. The predicted octanol–water partition coefficient (Wildman–Crippen LogP) is 3.89. The maximum absolute atomic E-state index is 12.4. The molecule has 5 heteroatoms. The Morgan fingerprint density at radius 2 is 2.00 bits per heavy atom. The third-order valence-electron chi connectivity index (χ3n) is 4.95. The molecule has 0 unspecified atom stereocenters. The van der Waals surface area contributed by atoms with Gasteiger partial charge in [0.15, 0.2) is 0 Å². The van der Waals surface area contributed by atoms with E-state index in [1.165, 1.54) is 5.56 Å². The van der Waals surface area contributed by atoms with Crippen LogP contribution in [0.15, 0.2) is 24.3 Å². The third-order valence-corrected chi connectivity index (χ3v) is 4.95. The van der Waals surface area contributed by atoms with Gasteiger partial charge in [-0.2, -0.15) is 5.10 Å². The summed E-state index contributed by atoms with van der Waals surface area (Å²) in [6.45, 7) is 2.13. The molecule has 0 aliphatic heterocycles. The van der Waals surface area contributed by atoms with Crippen LogP contribution in [-0.4, -0.2) is 23.2 Å². The van der Waals surface area contributed by atoms with Crippen LogP contribution in [0, 0.1) is 5.92 Å². The summed E-state index contributed by atoms with van der Waals surface area (Å²) in [5.74, 6) is 1.19. The van der Waals surface area contributed by atoms with Crippen LogP contribution in [0.25, 0.3) is 0 Å². The lowest BCUT2D eigenvalue weighted by Crippen LogP contribution is -2.28. The van der Waals surface area contributed by atoms with Gasteiger partial charge in [-0.1, -0.05) is 31.9 Å². The summed E-state index contributed by atoms with van der Waals surface area (Å²) in [7, 11) is 1.67. The molecule has 1 fully saturated rings. The molecule has 1 heterocycles. The number of aromatic amines is 1. The van der Waals surface area contributed by atoms with E-state index >= 15 is 0 Å². The quantitative estimate of drug-likeness (QED) is 0.765. The van der Waals surface area contributed by atoms with E-state index in [1.807, 2.05) is 12.1 Å². The molecular formula is C20H27N3O2. The van der Waals surface area contributed by atoms with E-state index in [9.17, 15) is 4.79 Å². The summed E-state index contributed by atoms with van der Waals surface area (Å²) < 4.78 is 5.20. The summed E-state index contributed by atoms with van der Waals surface area (Å²) in [5.41, 5.74) is 4.14. The number of aromatic nitrogens is 2. The lowest BCUT2D eigenvalue weighted by molar-refractivity contribution is -0.122. The predicted molar refractivity (Wildman–Crippen MR) is 99.0 cm³/mol. The largest absolute Gasteiger partial charge is 0.497 e. The van der Waals surface area contributed by atoms with Crippen LogP contribution in [0.1, 0.15) is 49.6 Å². The van der Waals surface area contributed by atoms with Gasteiger partial charge in [-0.25, -0.2) is 0 Å². The highest BCUT2D eigenvalue weighted by atomic mass is 16.5. The highest BCUT2D eigenvalue weighted by molar-refractivity contribution is 5.94. The molecule has 0 saturated heterocycles. The zero-order valence-electron chi connectivity index (χ0n) is 15.1. The molecular weight excluding hydrogens is 314 g/mol. The van der Waals surface area contributed by atoms with Crippen molar-refractivity contribution >= 4 is 11.6 Å². The fraction of sp³-hybridized carbons (Fsp3) is 0.500. The van der Waals surface area contributed by atoms with Crippen molar-refractivity contribution in [3.63, 3.8) is 0 Å². The molecule has 5 nitrogen and oxygen atoms in total. The topological polar surface area (TPSA) is 67.0 Å². The highest BCUT2D eigenvalue weighted by Gasteiger charge is 2.27. The standard InChI is InChI=1S/C20H27N3O2/c1-3-5-17-19(21-20(24)15-6-4-7-15)18(23-22-17)13-10-14-8-11-16(25-2)12-9-14/h8-9,11-12,15H,3-7,10,13H2,1-2H3,(H,21,24)(H,22,23). The molecule has 1 aliphatic carbocycles. The number of amides is 1. The van der Waals surface area contributed by atoms with Gasteiger partial charge in [-0.15, -0.1) is 0 Å². The van der Waals surface area contributed by atoms with Gasteiger partial charge in [0, 0.05) is 5.92 Å². The lowest BCUT2D eigenvalue weighted by Gasteiger charge is -2.24. The molecule has 3 rings (SSSR count). The minimum atomic E-state index is 0.149. The normalized spacial score (nSPS) is 14.2. The second kappa shape index (κ2) is 8.19. The average Bonchev–Trinajstić information content (AvgIpc) is 2.94. The highest BCUT2D eigenvalue weighted by Crippen LogP contribution is 2.29. The number of aryl methyl sites for hydroxylation is 3. The monoisotopic (exact) mass is 341 g/mol. The Labute approximate surface area is 149 Å². The molecule has 2 aromatic rings. The van der Waals surface area contributed by atoms with E-state index in [0.717, 1.165) is 67.8 Å². The van der Waals surface area contributed by atoms with Crippen LogP contribution >= 0.6 is 0 Å². The van der Waals surface area contributed by atoms with Crippen molar-refractivity contribution in [2.24, 2.45) is 5.92 Å². The first-order valence-electron chi connectivity index (χ1n) is 9.21. The molecule has 1 aromatic heterocycles. The van der Waals surface area contributed by atoms with E-state index in [2.05, 4.69) is 34.6 Å². The Bertz CT molecular complexity index is 702. The van der Waals surface area contributed by atoms with Gasteiger partial charge in [0.1, 0.15) is 5.75 Å². The van der Waals surface area contributed by atoms with Crippen LogP contribution in [0.2, 0.25) is 0 Å². The van der Waals surface area contributed by atoms with Crippen LogP contribution in [0.4, 0.5) is 5.69 Å². The van der Waals surface area contributed by atoms with E-state index in [0.29, 0.717) is 0 Å². The molecule has 1 aromatic carbocycles. The Morgan fingerprint density at radius 3 is 2.60 bits per heavy atom. The minimum absolute atomic E-state index is 0.149. The first kappa shape index (κ1) is 17.5. The number of nitrogens with zero attached hydrogens (tertiary/aromatic N) is 1. The van der Waals surface area contributed by atoms with Gasteiger partial charge in [-0.3, -0.25) is 9.89 Å². The van der Waals surface area contributed by atoms with Crippen LogP contribution in [0.3, 0.4) is 0 Å². The van der Waals surface area contributed by atoms with Gasteiger partial charge < -0.3 is 10.1 Å². The van der Waals surface area contributed by atoms with E-state index < -0.39 is 0 Å². The first-order chi connectivity index (χ1) is 12.2. The molecule has 1 aliphatic rings. The first-order valence-corrected chi connectivity index (χ1v) is 9.21. The number of methoxy groups -OCH3 is 1. The van der Waals surface area contributed by atoms with E-state index in [1.54, 1.807) is 7.11 Å². The number of benzene rings is 1.